The van der Waals surface area contributed by atoms with E-state index >= 15 is 0 Å². The zero-order chi connectivity index (χ0) is 16.6. The number of nitrogens with zero attached hydrogens (tertiary/aromatic N) is 3. The van der Waals surface area contributed by atoms with Crippen LogP contribution in [-0.2, 0) is 4.79 Å². The van der Waals surface area contributed by atoms with Gasteiger partial charge in [-0.25, -0.2) is 14.3 Å². The number of carbonyl (C=O) groups is 2. The fourth-order valence-corrected chi connectivity index (χ4v) is 2.11. The van der Waals surface area contributed by atoms with Gasteiger partial charge in [0.1, 0.15) is 0 Å². The largest absolute Gasteiger partial charge is 0.480 e. The molecule has 3 heterocycles. The van der Waals surface area contributed by atoms with Crippen molar-refractivity contribution in [1.29, 1.82) is 0 Å². The van der Waals surface area contributed by atoms with Crippen molar-refractivity contribution in [2.45, 2.75) is 12.1 Å². The summed E-state index contributed by atoms with van der Waals surface area (Å²) in [4.78, 5) is 26.8. The summed E-state index contributed by atoms with van der Waals surface area (Å²) in [6.07, 6.45) is -1.75. The van der Waals surface area contributed by atoms with E-state index in [-0.39, 0.29) is 23.6 Å². The van der Waals surface area contributed by atoms with E-state index in [9.17, 15) is 22.8 Å². The van der Waals surface area contributed by atoms with Gasteiger partial charge in [-0.05, 0) is 0 Å². The first kappa shape index (κ1) is 15.1. The molecule has 0 spiro atoms. The third-order valence-corrected chi connectivity index (χ3v) is 3.11. The molecule has 1 fully saturated rings. The monoisotopic (exact) mass is 329 g/mol. The quantitative estimate of drug-likeness (QED) is 0.859. The Balaban J connectivity index is 1.95. The van der Waals surface area contributed by atoms with Crippen molar-refractivity contribution in [2.75, 3.05) is 13.2 Å². The van der Waals surface area contributed by atoms with Crippen LogP contribution in [0.1, 0.15) is 11.6 Å². The normalized spacial score (nSPS) is 18.7. The summed E-state index contributed by atoms with van der Waals surface area (Å²) in [6, 6.07) is 0.582. The van der Waals surface area contributed by atoms with Crippen LogP contribution in [0.4, 0.5) is 18.0 Å². The van der Waals surface area contributed by atoms with Gasteiger partial charge in [0.2, 0.25) is 5.91 Å². The Labute approximate surface area is 126 Å². The van der Waals surface area contributed by atoms with Crippen LogP contribution in [0.25, 0.3) is 5.65 Å². The molecule has 1 saturated heterocycles. The smallest absolute Gasteiger partial charge is 0.422 e. The maximum atomic E-state index is 12.3. The van der Waals surface area contributed by atoms with Crippen LogP contribution in [0.15, 0.2) is 18.5 Å². The predicted octanol–water partition coefficient (Wildman–Crippen LogP) is 0.593. The second-order valence-corrected chi connectivity index (χ2v) is 4.78. The fraction of sp³-hybridized carbons (Fsp3) is 0.333. The number of imide groups is 1. The number of hydrogen-bond donors (Lipinski definition) is 2. The molecular weight excluding hydrogens is 319 g/mol. The van der Waals surface area contributed by atoms with Gasteiger partial charge in [-0.2, -0.15) is 18.3 Å². The number of aromatic nitrogens is 3. The molecule has 2 N–H and O–H groups in total. The molecule has 0 aromatic carbocycles. The third kappa shape index (κ3) is 3.17. The van der Waals surface area contributed by atoms with Crippen molar-refractivity contribution in [2.24, 2.45) is 0 Å². The van der Waals surface area contributed by atoms with Crippen molar-refractivity contribution in [1.82, 2.24) is 25.2 Å². The molecule has 0 aliphatic carbocycles. The summed E-state index contributed by atoms with van der Waals surface area (Å²) in [5, 5.41) is 8.61. The molecule has 2 aromatic rings. The minimum atomic E-state index is -4.51. The van der Waals surface area contributed by atoms with Gasteiger partial charge in [0, 0.05) is 25.0 Å². The Hall–Kier alpha value is -2.85. The Bertz CT molecular complexity index is 773. The molecule has 0 bridgehead atoms. The molecule has 2 aromatic heterocycles. The van der Waals surface area contributed by atoms with Crippen molar-refractivity contribution < 1.29 is 27.5 Å². The first-order valence-corrected chi connectivity index (χ1v) is 6.46. The van der Waals surface area contributed by atoms with Gasteiger partial charge >= 0.3 is 12.2 Å². The van der Waals surface area contributed by atoms with E-state index in [2.05, 4.69) is 20.7 Å². The standard InChI is InChI=1S/C12H10F3N5O3/c13-12(14,15)5-23-8-3-7(19-20-2-1-16-9(8)20)6-4-17-11(22)18-10(6)21/h1-3,6H,4-5H2,(H2,17,18,21,22). The Morgan fingerprint density at radius 2 is 2.17 bits per heavy atom. The van der Waals surface area contributed by atoms with Crippen LogP contribution in [0.2, 0.25) is 0 Å². The highest BCUT2D eigenvalue weighted by atomic mass is 19.4. The van der Waals surface area contributed by atoms with E-state index in [0.717, 1.165) is 0 Å². The Morgan fingerprint density at radius 1 is 1.39 bits per heavy atom. The molecule has 3 rings (SSSR count). The van der Waals surface area contributed by atoms with E-state index in [1.165, 1.54) is 23.0 Å². The van der Waals surface area contributed by atoms with Crippen LogP contribution in [0.5, 0.6) is 5.75 Å². The zero-order valence-electron chi connectivity index (χ0n) is 11.4. The fourth-order valence-electron chi connectivity index (χ4n) is 2.11. The lowest BCUT2D eigenvalue weighted by Crippen LogP contribution is -2.51. The number of carbonyl (C=O) groups excluding carboxylic acids is 2. The zero-order valence-corrected chi connectivity index (χ0v) is 11.4. The van der Waals surface area contributed by atoms with Gasteiger partial charge in [0.25, 0.3) is 0 Å². The molecular formula is C12H10F3N5O3. The summed E-state index contributed by atoms with van der Waals surface area (Å²) < 4.78 is 43.0. The van der Waals surface area contributed by atoms with E-state index < -0.39 is 30.6 Å². The summed E-state index contributed by atoms with van der Waals surface area (Å²) in [5.74, 6) is -1.59. The van der Waals surface area contributed by atoms with Crippen LogP contribution in [0.3, 0.4) is 0 Å². The average Bonchev–Trinajstić information content (AvgIpc) is 2.92. The summed E-state index contributed by atoms with van der Waals surface area (Å²) in [6.45, 7) is -1.51. The molecule has 11 heteroatoms. The predicted molar refractivity (Wildman–Crippen MR) is 68.8 cm³/mol. The molecule has 0 radical (unpaired) electrons. The van der Waals surface area contributed by atoms with Gasteiger partial charge in [0.05, 0.1) is 11.6 Å². The summed E-state index contributed by atoms with van der Waals surface area (Å²) in [7, 11) is 0. The minimum absolute atomic E-state index is 0.0173. The first-order chi connectivity index (χ1) is 10.8. The lowest BCUT2D eigenvalue weighted by Gasteiger charge is -2.22. The molecule has 3 amide bonds. The average molecular weight is 329 g/mol. The number of halogens is 3. The van der Waals surface area contributed by atoms with E-state index in [1.807, 2.05) is 0 Å². The van der Waals surface area contributed by atoms with Crippen molar-refractivity contribution in [3.05, 3.63) is 24.2 Å². The minimum Gasteiger partial charge on any atom is -0.480 e. The Morgan fingerprint density at radius 3 is 2.87 bits per heavy atom. The highest BCUT2D eigenvalue weighted by Gasteiger charge is 2.32. The van der Waals surface area contributed by atoms with E-state index in [1.54, 1.807) is 0 Å². The maximum Gasteiger partial charge on any atom is 0.422 e. The van der Waals surface area contributed by atoms with Crippen LogP contribution in [-0.4, -0.2) is 45.9 Å². The number of fused-ring (bicyclic) bond motifs is 1. The number of ether oxygens (including phenoxy) is 1. The third-order valence-electron chi connectivity index (χ3n) is 3.11. The van der Waals surface area contributed by atoms with Crippen LogP contribution < -0.4 is 15.4 Å². The van der Waals surface area contributed by atoms with Gasteiger partial charge in [-0.1, -0.05) is 0 Å². The number of hydrogen-bond acceptors (Lipinski definition) is 5. The van der Waals surface area contributed by atoms with Crippen molar-refractivity contribution in [3.8, 4) is 5.75 Å². The van der Waals surface area contributed by atoms with Gasteiger partial charge in [-0.15, -0.1) is 0 Å². The van der Waals surface area contributed by atoms with Gasteiger partial charge in [0.15, 0.2) is 18.0 Å². The van der Waals surface area contributed by atoms with E-state index in [4.69, 9.17) is 4.74 Å². The molecule has 1 unspecified atom stereocenters. The topological polar surface area (TPSA) is 97.6 Å². The van der Waals surface area contributed by atoms with Crippen LogP contribution >= 0.6 is 0 Å². The highest BCUT2D eigenvalue weighted by Crippen LogP contribution is 2.26. The second-order valence-electron chi connectivity index (χ2n) is 4.78. The molecule has 1 aliphatic heterocycles. The SMILES string of the molecule is O=C1NCC(c2cc(OCC(F)(F)F)c3nccn3n2)C(=O)N1. The molecule has 8 nitrogen and oxygen atoms in total. The molecule has 0 saturated carbocycles. The molecule has 1 aliphatic rings. The first-order valence-electron chi connectivity index (χ1n) is 6.46. The number of imidazole rings is 1. The summed E-state index contributed by atoms with van der Waals surface area (Å²) >= 11 is 0. The van der Waals surface area contributed by atoms with Crippen molar-refractivity contribution >= 4 is 17.6 Å². The van der Waals surface area contributed by atoms with Gasteiger partial charge in [-0.3, -0.25) is 10.1 Å². The van der Waals surface area contributed by atoms with Gasteiger partial charge < -0.3 is 10.1 Å². The lowest BCUT2D eigenvalue weighted by molar-refractivity contribution is -0.153. The second kappa shape index (κ2) is 5.41. The molecule has 23 heavy (non-hydrogen) atoms. The van der Waals surface area contributed by atoms with E-state index in [0.29, 0.717) is 0 Å². The lowest BCUT2D eigenvalue weighted by atomic mass is 10.0. The summed E-state index contributed by atoms with van der Waals surface area (Å²) in [5.41, 5.74) is 0.253. The number of nitrogens with one attached hydrogen (secondary N) is 2. The number of rotatable bonds is 3. The van der Waals surface area contributed by atoms with Crippen LogP contribution in [0, 0.1) is 0 Å². The number of amides is 3. The Kier molecular flexibility index (Phi) is 3.54. The molecule has 122 valence electrons. The number of alkyl halides is 3. The number of urea groups is 1. The highest BCUT2D eigenvalue weighted by molar-refractivity contribution is 6.00. The van der Waals surface area contributed by atoms with Crippen molar-refractivity contribution in [3.63, 3.8) is 0 Å². The molecule has 1 atom stereocenters. The maximum absolute atomic E-state index is 12.3.